The molecular weight excluding hydrogens is 231 g/mol. The summed E-state index contributed by atoms with van der Waals surface area (Å²) in [4.78, 5) is 11.0. The largest absolute Gasteiger partial charge is 0.298 e. The molecular formula is C11H7FOS2. The maximum atomic E-state index is 13.5. The van der Waals surface area contributed by atoms with Crippen LogP contribution in [-0.2, 0) is 0 Å². The Labute approximate surface area is 94.9 Å². The van der Waals surface area contributed by atoms with E-state index in [-0.39, 0.29) is 5.82 Å². The maximum Gasteiger partial charge on any atom is 0.150 e. The van der Waals surface area contributed by atoms with Crippen LogP contribution in [-0.4, -0.2) is 6.29 Å². The predicted octanol–water partition coefficient (Wildman–Crippen LogP) is 3.85. The van der Waals surface area contributed by atoms with Crippen LogP contribution < -0.4 is 0 Å². The van der Waals surface area contributed by atoms with E-state index in [0.717, 1.165) is 4.21 Å². The monoisotopic (exact) mass is 238 g/mol. The first-order chi connectivity index (χ1) is 7.29. The Hall–Kier alpha value is -1.13. The fourth-order valence-corrected chi connectivity index (χ4v) is 2.84. The Kier molecular flexibility index (Phi) is 3.18. The van der Waals surface area contributed by atoms with E-state index in [1.807, 2.05) is 17.5 Å². The second-order valence-corrected chi connectivity index (χ2v) is 5.13. The molecule has 0 aliphatic heterocycles. The molecule has 4 heteroatoms. The quantitative estimate of drug-likeness (QED) is 0.755. The normalized spacial score (nSPS) is 10.2. The summed E-state index contributed by atoms with van der Waals surface area (Å²) in [6.07, 6.45) is 0.642. The van der Waals surface area contributed by atoms with E-state index < -0.39 is 0 Å². The molecule has 0 unspecified atom stereocenters. The van der Waals surface area contributed by atoms with Crippen LogP contribution in [0.15, 0.2) is 44.8 Å². The summed E-state index contributed by atoms with van der Waals surface area (Å²) < 4.78 is 14.5. The van der Waals surface area contributed by atoms with Gasteiger partial charge in [-0.2, -0.15) is 0 Å². The van der Waals surface area contributed by atoms with Crippen LogP contribution in [0.1, 0.15) is 10.4 Å². The third-order valence-electron chi connectivity index (χ3n) is 1.80. The van der Waals surface area contributed by atoms with Crippen molar-refractivity contribution in [2.24, 2.45) is 0 Å². The second kappa shape index (κ2) is 4.59. The van der Waals surface area contributed by atoms with Gasteiger partial charge in [0.05, 0.1) is 4.21 Å². The van der Waals surface area contributed by atoms with Gasteiger partial charge in [-0.05, 0) is 23.6 Å². The van der Waals surface area contributed by atoms with E-state index in [4.69, 9.17) is 0 Å². The molecule has 15 heavy (non-hydrogen) atoms. The number of halogens is 1. The van der Waals surface area contributed by atoms with Gasteiger partial charge in [0, 0.05) is 10.5 Å². The zero-order valence-corrected chi connectivity index (χ0v) is 9.28. The lowest BCUT2D eigenvalue weighted by molar-refractivity contribution is 0.112. The van der Waals surface area contributed by atoms with Crippen molar-refractivity contribution in [1.29, 1.82) is 0 Å². The van der Waals surface area contributed by atoms with Crippen LogP contribution in [0.25, 0.3) is 0 Å². The molecule has 0 aliphatic carbocycles. The highest BCUT2D eigenvalue weighted by atomic mass is 32.2. The standard InChI is InChI=1S/C11H7FOS2/c12-9-6-8(7-13)3-4-10(9)15-11-2-1-5-14-11/h1-7H. The van der Waals surface area contributed by atoms with Gasteiger partial charge < -0.3 is 0 Å². The van der Waals surface area contributed by atoms with E-state index in [0.29, 0.717) is 16.7 Å². The summed E-state index contributed by atoms with van der Waals surface area (Å²) in [7, 11) is 0. The van der Waals surface area contributed by atoms with Gasteiger partial charge in [0.1, 0.15) is 12.1 Å². The highest BCUT2D eigenvalue weighted by Crippen LogP contribution is 2.32. The van der Waals surface area contributed by atoms with E-state index >= 15 is 0 Å². The van der Waals surface area contributed by atoms with Gasteiger partial charge in [-0.25, -0.2) is 4.39 Å². The minimum absolute atomic E-state index is 0.349. The van der Waals surface area contributed by atoms with E-state index in [9.17, 15) is 9.18 Å². The zero-order valence-electron chi connectivity index (χ0n) is 7.64. The lowest BCUT2D eigenvalue weighted by Gasteiger charge is -2.00. The number of aldehydes is 1. The van der Waals surface area contributed by atoms with Crippen LogP contribution in [0.4, 0.5) is 4.39 Å². The number of rotatable bonds is 3. The summed E-state index contributed by atoms with van der Waals surface area (Å²) in [5.41, 5.74) is 0.364. The molecule has 0 bridgehead atoms. The minimum atomic E-state index is -0.349. The van der Waals surface area contributed by atoms with Gasteiger partial charge in [0.15, 0.2) is 0 Å². The molecule has 1 aromatic carbocycles. The Morgan fingerprint density at radius 3 is 2.80 bits per heavy atom. The minimum Gasteiger partial charge on any atom is -0.298 e. The molecule has 76 valence electrons. The first-order valence-electron chi connectivity index (χ1n) is 4.25. The molecule has 0 N–H and O–H groups in total. The Balaban J connectivity index is 2.26. The third kappa shape index (κ3) is 2.46. The lowest BCUT2D eigenvalue weighted by Crippen LogP contribution is -1.85. The van der Waals surface area contributed by atoms with Crippen molar-refractivity contribution in [1.82, 2.24) is 0 Å². The first kappa shape index (κ1) is 10.4. The number of thiophene rings is 1. The molecule has 0 saturated heterocycles. The van der Waals surface area contributed by atoms with E-state index in [1.54, 1.807) is 23.5 Å². The lowest BCUT2D eigenvalue weighted by atomic mass is 10.2. The summed E-state index contributed by atoms with van der Waals surface area (Å²) in [6, 6.07) is 8.35. The number of carbonyl (C=O) groups excluding carboxylic acids is 1. The fourth-order valence-electron chi connectivity index (χ4n) is 1.10. The van der Waals surface area contributed by atoms with Gasteiger partial charge >= 0.3 is 0 Å². The van der Waals surface area contributed by atoms with E-state index in [1.165, 1.54) is 17.8 Å². The summed E-state index contributed by atoms with van der Waals surface area (Å²) in [5.74, 6) is -0.349. The van der Waals surface area contributed by atoms with Crippen LogP contribution in [0, 0.1) is 5.82 Å². The van der Waals surface area contributed by atoms with E-state index in [2.05, 4.69) is 0 Å². The summed E-state index contributed by atoms with van der Waals surface area (Å²) >= 11 is 2.93. The molecule has 2 rings (SSSR count). The number of carbonyl (C=O) groups is 1. The van der Waals surface area contributed by atoms with Crippen molar-refractivity contribution >= 4 is 29.4 Å². The van der Waals surface area contributed by atoms with Crippen molar-refractivity contribution in [3.63, 3.8) is 0 Å². The van der Waals surface area contributed by atoms with Crippen molar-refractivity contribution in [3.8, 4) is 0 Å². The molecule has 1 heterocycles. The molecule has 0 spiro atoms. The highest BCUT2D eigenvalue weighted by molar-refractivity contribution is 8.01. The predicted molar refractivity (Wildman–Crippen MR) is 60.2 cm³/mol. The van der Waals surface area contributed by atoms with Crippen molar-refractivity contribution in [3.05, 3.63) is 47.1 Å². The molecule has 2 aromatic rings. The first-order valence-corrected chi connectivity index (χ1v) is 5.95. The Morgan fingerprint density at radius 1 is 1.33 bits per heavy atom. The van der Waals surface area contributed by atoms with Gasteiger partial charge in [-0.15, -0.1) is 11.3 Å². The van der Waals surface area contributed by atoms with Gasteiger partial charge in [0.2, 0.25) is 0 Å². The molecule has 1 nitrogen and oxygen atoms in total. The van der Waals surface area contributed by atoms with Gasteiger partial charge in [-0.3, -0.25) is 4.79 Å². The molecule has 0 amide bonds. The topological polar surface area (TPSA) is 17.1 Å². The summed E-state index contributed by atoms with van der Waals surface area (Å²) in [5, 5.41) is 1.94. The van der Waals surface area contributed by atoms with Crippen molar-refractivity contribution in [2.75, 3.05) is 0 Å². The molecule has 0 radical (unpaired) electrons. The number of hydrogen-bond donors (Lipinski definition) is 0. The van der Waals surface area contributed by atoms with Crippen molar-refractivity contribution < 1.29 is 9.18 Å². The Bertz CT molecular complexity index is 465. The van der Waals surface area contributed by atoms with Crippen LogP contribution in [0.2, 0.25) is 0 Å². The van der Waals surface area contributed by atoms with Crippen LogP contribution in [0.3, 0.4) is 0 Å². The van der Waals surface area contributed by atoms with Gasteiger partial charge in [0.25, 0.3) is 0 Å². The van der Waals surface area contributed by atoms with Gasteiger partial charge in [-0.1, -0.05) is 23.9 Å². The third-order valence-corrected chi connectivity index (χ3v) is 3.89. The molecule has 0 saturated carbocycles. The highest BCUT2D eigenvalue weighted by Gasteiger charge is 2.05. The zero-order chi connectivity index (χ0) is 10.7. The Morgan fingerprint density at radius 2 is 2.20 bits per heavy atom. The SMILES string of the molecule is O=Cc1ccc(Sc2cccs2)c(F)c1. The van der Waals surface area contributed by atoms with Crippen LogP contribution >= 0.6 is 23.1 Å². The smallest absolute Gasteiger partial charge is 0.150 e. The second-order valence-electron chi connectivity index (χ2n) is 2.84. The number of benzene rings is 1. The van der Waals surface area contributed by atoms with Crippen molar-refractivity contribution in [2.45, 2.75) is 9.10 Å². The summed E-state index contributed by atoms with van der Waals surface area (Å²) in [6.45, 7) is 0. The molecule has 0 aliphatic rings. The maximum absolute atomic E-state index is 13.5. The van der Waals surface area contributed by atoms with Crippen LogP contribution in [0.5, 0.6) is 0 Å². The molecule has 1 aromatic heterocycles. The number of hydrogen-bond acceptors (Lipinski definition) is 3. The average Bonchev–Trinajstić information content (AvgIpc) is 2.74. The molecule has 0 atom stereocenters. The molecule has 0 fully saturated rings. The fraction of sp³-hybridized carbons (Fsp3) is 0. The average molecular weight is 238 g/mol.